The van der Waals surface area contributed by atoms with Crippen molar-refractivity contribution in [3.63, 3.8) is 0 Å². The highest BCUT2D eigenvalue weighted by Gasteiger charge is 2.52. The number of ether oxygens (including phenoxy) is 4. The molecule has 9 atom stereocenters. The summed E-state index contributed by atoms with van der Waals surface area (Å²) in [5.41, 5.74) is -2.84. The van der Waals surface area contributed by atoms with Gasteiger partial charge in [0.05, 0.1) is 58.6 Å². The third-order valence-electron chi connectivity index (χ3n) is 14.7. The predicted molar refractivity (Wildman–Crippen MR) is 272 cm³/mol. The number of Topliss-reactive ketones (excluding diaryl/α,β-unsaturated/α-hetero) is 4. The average Bonchev–Trinajstić information content (AvgIpc) is 3.62. The van der Waals surface area contributed by atoms with Crippen LogP contribution in [0.3, 0.4) is 0 Å². The van der Waals surface area contributed by atoms with Gasteiger partial charge >= 0.3 is 11.8 Å². The van der Waals surface area contributed by atoms with Gasteiger partial charge in [0.15, 0.2) is 5.78 Å². The summed E-state index contributed by atoms with van der Waals surface area (Å²) in [7, 11) is 0. The largest absolute Gasteiger partial charge is 0.507 e. The Balaban J connectivity index is 1.46. The van der Waals surface area contributed by atoms with Gasteiger partial charge in [-0.3, -0.25) is 38.7 Å². The highest BCUT2D eigenvalue weighted by Crippen LogP contribution is 2.48. The molecule has 1 aliphatic carbocycles. The molecule has 74 heavy (non-hydrogen) atoms. The predicted octanol–water partition coefficient (Wildman–Crippen LogP) is 5.14. The minimum Gasteiger partial charge on any atom is -0.507 e. The van der Waals surface area contributed by atoms with Gasteiger partial charge in [0.1, 0.15) is 48.3 Å². The summed E-state index contributed by atoms with van der Waals surface area (Å²) in [5.74, 6) is -10.6. The van der Waals surface area contributed by atoms with E-state index in [1.165, 1.54) is 40.0 Å². The molecule has 402 valence electrons. The van der Waals surface area contributed by atoms with Crippen LogP contribution in [0.1, 0.15) is 119 Å². The lowest BCUT2D eigenvalue weighted by Gasteiger charge is -2.37. The first-order chi connectivity index (χ1) is 34.7. The monoisotopic (exact) mass is 1030 g/mol. The first-order valence-electron chi connectivity index (χ1n) is 25.0. The maximum atomic E-state index is 14.9. The summed E-state index contributed by atoms with van der Waals surface area (Å²) in [6, 6.07) is 0. The number of allylic oxidation sites excluding steroid dienone is 6. The van der Waals surface area contributed by atoms with Gasteiger partial charge in [-0.05, 0) is 31.8 Å². The minimum atomic E-state index is -2.10. The van der Waals surface area contributed by atoms with Crippen LogP contribution in [0.5, 0.6) is 11.5 Å². The van der Waals surface area contributed by atoms with Crippen LogP contribution in [0, 0.1) is 47.8 Å². The molecule has 4 heterocycles. The number of hydrogen-bond donors (Lipinski definition) is 4. The molecule has 19 nitrogen and oxygen atoms in total. The number of esters is 1. The lowest BCUT2D eigenvalue weighted by molar-refractivity contribution is -0.158. The van der Waals surface area contributed by atoms with E-state index in [1.54, 1.807) is 57.9 Å². The lowest BCUT2D eigenvalue weighted by atomic mass is 9.77. The summed E-state index contributed by atoms with van der Waals surface area (Å²) in [6.45, 7) is 24.3. The number of phenols is 1. The zero-order valence-electron chi connectivity index (χ0n) is 44.3. The molecule has 1 saturated heterocycles. The number of fused-ring (bicyclic) bond motifs is 14. The first-order valence-corrected chi connectivity index (χ1v) is 25.0. The topological polar surface area (TPSA) is 265 Å². The molecular formula is C55H72N4O15. The van der Waals surface area contributed by atoms with Crippen molar-refractivity contribution in [2.24, 2.45) is 46.0 Å². The molecule has 0 aromatic heterocycles. The van der Waals surface area contributed by atoms with Gasteiger partial charge in [0.2, 0.25) is 5.78 Å². The number of phenolic OH excluding ortho intramolecular Hbond substituents is 1. The molecule has 4 N–H and O–H groups in total. The lowest BCUT2D eigenvalue weighted by Crippen LogP contribution is -2.45. The molecule has 0 spiro atoms. The second-order valence-corrected chi connectivity index (χ2v) is 20.8. The summed E-state index contributed by atoms with van der Waals surface area (Å²) < 4.78 is 23.8. The van der Waals surface area contributed by atoms with Crippen molar-refractivity contribution < 1.29 is 72.6 Å². The van der Waals surface area contributed by atoms with E-state index in [9.17, 15) is 53.7 Å². The van der Waals surface area contributed by atoms with E-state index in [2.05, 4.69) is 21.9 Å². The van der Waals surface area contributed by atoms with E-state index in [-0.39, 0.29) is 53.3 Å². The van der Waals surface area contributed by atoms with E-state index in [4.69, 9.17) is 18.9 Å². The Morgan fingerprint density at radius 2 is 1.58 bits per heavy atom. The molecule has 1 aromatic rings. The van der Waals surface area contributed by atoms with Gasteiger partial charge in [-0.15, -0.1) is 0 Å². The number of benzene rings is 1. The summed E-state index contributed by atoms with van der Waals surface area (Å²) in [6.07, 6.45) is 6.35. The maximum absolute atomic E-state index is 14.9. The van der Waals surface area contributed by atoms with Gasteiger partial charge in [0.25, 0.3) is 11.7 Å². The third kappa shape index (κ3) is 12.8. The van der Waals surface area contributed by atoms with E-state index in [1.807, 2.05) is 13.8 Å². The number of carbonyl (C=O) groups is 8. The van der Waals surface area contributed by atoms with Crippen LogP contribution in [0.25, 0.3) is 0 Å². The number of rotatable bonds is 14. The Bertz CT molecular complexity index is 2560. The van der Waals surface area contributed by atoms with Crippen LogP contribution in [0.4, 0.5) is 0 Å². The van der Waals surface area contributed by atoms with E-state index in [0.29, 0.717) is 51.1 Å². The number of nitrogens with one attached hydrogen (secondary N) is 1. The smallest absolute Gasteiger partial charge is 0.312 e. The van der Waals surface area contributed by atoms with Gasteiger partial charge in [0, 0.05) is 93.7 Å². The second kappa shape index (κ2) is 24.2. The van der Waals surface area contributed by atoms with E-state index >= 15 is 0 Å². The standard InChI is InChI=1S/C55H72N4O15/c1-29-16-22-72-55(12)52(69)43-41-42(47(66)35(7)51(43)74-55)49(68)44(57-53(70)31(3)15-13-14-30(2)45(64)33(5)46(65)34(6)50(32(29)4)73-37(9)62)40(48(41)67)26-56-59-19-17-58(18-20-59)21-23-71-36(8)54(10,11)25-39(63)24-38(27-60)28-61/h13-16,22,26-30,32-34,38,45-46,50,64-66H,8,17-21,23-25H2,1-7,9-12H3,(H,57,70)/b14-13+,22-16+,31-15-,56-26-/t29-,30-,32+,33+,34+,45-,46+,50+,55-/m0/s1. The molecule has 4 aliphatic heterocycles. The average molecular weight is 1030 g/mol. The number of piperazine rings is 1. The number of aliphatic hydroxyl groups is 2. The van der Waals surface area contributed by atoms with Gasteiger partial charge in [-0.2, -0.15) is 5.10 Å². The van der Waals surface area contributed by atoms with Crippen LogP contribution in [-0.2, 0) is 38.2 Å². The zero-order valence-corrected chi connectivity index (χ0v) is 44.3. The summed E-state index contributed by atoms with van der Waals surface area (Å²) >= 11 is 0. The molecule has 5 aliphatic rings. The van der Waals surface area contributed by atoms with E-state index < -0.39 is 117 Å². The maximum Gasteiger partial charge on any atom is 0.312 e. The third-order valence-corrected chi connectivity index (χ3v) is 14.7. The molecule has 1 amide bonds. The molecule has 0 saturated carbocycles. The van der Waals surface area contributed by atoms with Crippen LogP contribution in [-0.4, -0.2) is 142 Å². The highest BCUT2D eigenvalue weighted by molar-refractivity contribution is 6.37. The first kappa shape index (κ1) is 58.3. The molecule has 1 fully saturated rings. The van der Waals surface area contributed by atoms with E-state index in [0.717, 1.165) is 6.21 Å². The Morgan fingerprint density at radius 3 is 2.20 bits per heavy atom. The Morgan fingerprint density at radius 1 is 0.932 bits per heavy atom. The fourth-order valence-corrected chi connectivity index (χ4v) is 9.47. The molecule has 19 heteroatoms. The molecule has 0 radical (unpaired) electrons. The summed E-state index contributed by atoms with van der Waals surface area (Å²) in [4.78, 5) is 107. The highest BCUT2D eigenvalue weighted by atomic mass is 16.7. The second-order valence-electron chi connectivity index (χ2n) is 20.8. The van der Waals surface area contributed by atoms with Gasteiger partial charge < -0.3 is 49.2 Å². The number of ketones is 4. The minimum absolute atomic E-state index is 0.0327. The number of aldehydes is 2. The van der Waals surface area contributed by atoms with Crippen LogP contribution in [0.2, 0.25) is 0 Å². The van der Waals surface area contributed by atoms with Crippen molar-refractivity contribution in [1.82, 2.24) is 15.2 Å². The number of aliphatic hydroxyl groups excluding tert-OH is 2. The Kier molecular flexibility index (Phi) is 19.1. The molecule has 5 bridgehead atoms. The van der Waals surface area contributed by atoms with Crippen LogP contribution >= 0.6 is 0 Å². The Hall–Kier alpha value is -6.57. The van der Waals surface area contributed by atoms with Crippen molar-refractivity contribution in [3.05, 3.63) is 82.0 Å². The fraction of sp³-hybridized carbons (Fsp3) is 0.545. The van der Waals surface area contributed by atoms with Crippen molar-refractivity contribution in [2.75, 3.05) is 39.3 Å². The Labute approximate surface area is 432 Å². The van der Waals surface area contributed by atoms with Crippen molar-refractivity contribution >= 4 is 53.8 Å². The molecule has 6 rings (SSSR count). The normalized spacial score (nSPS) is 29.0. The summed E-state index contributed by atoms with van der Waals surface area (Å²) in [5, 5.41) is 43.4. The number of aromatic hydroxyl groups is 1. The SMILES string of the molecule is C=C(OCCN1CCN(/N=C\C2=C3NC(=O)/C(C)=C\C=C\[C@H](C)[C@H](O)[C@@H](C)[C@@H](O)[C@@H](C)[C@H](OC(C)=O)[C@H](C)[C@@H](C)/C=C/O[C@@]4(C)Oc5c(C)c(O)c(c(c5C4=O)C2=O)C3=O)CC1)C(C)(C)CC(=O)CC(C=O)C=O. The van der Waals surface area contributed by atoms with Gasteiger partial charge in [-0.25, -0.2) is 0 Å². The van der Waals surface area contributed by atoms with Crippen molar-refractivity contribution in [1.29, 1.82) is 0 Å². The zero-order chi connectivity index (χ0) is 55.1. The quantitative estimate of drug-likeness (QED) is 0.0618. The number of nitrogens with zero attached hydrogens (tertiary/aromatic N) is 3. The van der Waals surface area contributed by atoms with Crippen molar-refractivity contribution in [2.45, 2.75) is 113 Å². The number of amides is 1. The molecular weight excluding hydrogens is 957 g/mol. The number of carbonyl (C=O) groups excluding carboxylic acids is 8. The molecule has 0 unspecified atom stereocenters. The van der Waals surface area contributed by atoms with Crippen LogP contribution in [0.15, 0.2) is 64.8 Å². The fourth-order valence-electron chi connectivity index (χ4n) is 9.47. The number of hydrazone groups is 1. The number of hydrogen-bond acceptors (Lipinski definition) is 18. The van der Waals surface area contributed by atoms with Crippen LogP contribution < -0.4 is 10.1 Å². The van der Waals surface area contributed by atoms with Crippen molar-refractivity contribution in [3.8, 4) is 11.5 Å². The molecule has 1 aromatic carbocycles. The van der Waals surface area contributed by atoms with Gasteiger partial charge in [-0.1, -0.05) is 73.3 Å².